The van der Waals surface area contributed by atoms with Crippen molar-refractivity contribution >= 4 is 23.1 Å². The summed E-state index contributed by atoms with van der Waals surface area (Å²) in [5, 5.41) is 21.5. The molecule has 8 nitrogen and oxygen atoms in total. The molecule has 1 amide bonds. The van der Waals surface area contributed by atoms with Crippen LogP contribution in [0.1, 0.15) is 17.3 Å². The second-order valence-electron chi connectivity index (χ2n) is 6.26. The molecule has 8 heteroatoms. The normalized spacial score (nSPS) is 20.0. The summed E-state index contributed by atoms with van der Waals surface area (Å²) in [5.74, 6) is -1.62. The fourth-order valence-electron chi connectivity index (χ4n) is 3.28. The molecule has 140 valence electrons. The minimum absolute atomic E-state index is 0.00280. The van der Waals surface area contributed by atoms with E-state index in [-0.39, 0.29) is 22.9 Å². The number of benzene rings is 2. The Balaban J connectivity index is 2.07. The Morgan fingerprint density at radius 1 is 1.26 bits per heavy atom. The number of aliphatic hydroxyl groups excluding tert-OH is 1. The van der Waals surface area contributed by atoms with Gasteiger partial charge in [0.25, 0.3) is 5.69 Å². The van der Waals surface area contributed by atoms with Gasteiger partial charge in [0.1, 0.15) is 17.5 Å². The lowest BCUT2D eigenvalue weighted by molar-refractivity contribution is -0.384. The minimum Gasteiger partial charge on any atom is -0.496 e. The molecule has 1 fully saturated rings. The first kappa shape index (κ1) is 18.5. The van der Waals surface area contributed by atoms with Gasteiger partial charge in [-0.3, -0.25) is 24.6 Å². The van der Waals surface area contributed by atoms with E-state index in [9.17, 15) is 24.8 Å². The second-order valence-corrected chi connectivity index (χ2v) is 6.26. The predicted molar refractivity (Wildman–Crippen MR) is 96.9 cm³/mol. The monoisotopic (exact) mass is 370 g/mol. The molecule has 3 atom stereocenters. The molecule has 0 spiro atoms. The highest BCUT2D eigenvalue weighted by Gasteiger charge is 2.55. The van der Waals surface area contributed by atoms with Gasteiger partial charge in [-0.25, -0.2) is 0 Å². The van der Waals surface area contributed by atoms with Crippen LogP contribution in [0.3, 0.4) is 0 Å². The highest BCUT2D eigenvalue weighted by Crippen LogP contribution is 2.42. The van der Waals surface area contributed by atoms with E-state index in [0.717, 1.165) is 4.90 Å². The summed E-state index contributed by atoms with van der Waals surface area (Å²) >= 11 is 0. The Labute approximate surface area is 155 Å². The van der Waals surface area contributed by atoms with Crippen molar-refractivity contribution in [2.45, 2.75) is 19.1 Å². The van der Waals surface area contributed by atoms with Crippen LogP contribution < -0.4 is 9.64 Å². The molecule has 2 aromatic carbocycles. The van der Waals surface area contributed by atoms with E-state index in [1.807, 2.05) is 0 Å². The number of nitro benzene ring substituents is 1. The third-order valence-electron chi connectivity index (χ3n) is 4.63. The average molecular weight is 370 g/mol. The predicted octanol–water partition coefficient (Wildman–Crippen LogP) is 2.20. The van der Waals surface area contributed by atoms with E-state index in [2.05, 4.69) is 0 Å². The molecule has 1 N–H and O–H groups in total. The SMILES string of the molecule is COc1ccc(N2C(=O)[C@H]([C@@H](C)O)[C@H]2C(=O)c2ccccc2)c([N+](=O)[O-])c1. The lowest BCUT2D eigenvalue weighted by Crippen LogP contribution is -2.67. The van der Waals surface area contributed by atoms with Crippen molar-refractivity contribution in [3.05, 3.63) is 64.2 Å². The Kier molecular flexibility index (Phi) is 4.91. The summed E-state index contributed by atoms with van der Waals surface area (Å²) in [6, 6.07) is 11.4. The smallest absolute Gasteiger partial charge is 0.296 e. The van der Waals surface area contributed by atoms with Crippen molar-refractivity contribution in [1.29, 1.82) is 0 Å². The van der Waals surface area contributed by atoms with Crippen molar-refractivity contribution < 1.29 is 24.4 Å². The number of amides is 1. The first-order valence-electron chi connectivity index (χ1n) is 8.29. The largest absolute Gasteiger partial charge is 0.496 e. The third-order valence-corrected chi connectivity index (χ3v) is 4.63. The molecular formula is C19H18N2O6. The van der Waals surface area contributed by atoms with Crippen LogP contribution in [0.25, 0.3) is 0 Å². The fraction of sp³-hybridized carbons (Fsp3) is 0.263. The van der Waals surface area contributed by atoms with Crippen LogP contribution in [0.15, 0.2) is 48.5 Å². The van der Waals surface area contributed by atoms with E-state index < -0.39 is 28.9 Å². The third kappa shape index (κ3) is 3.15. The number of carbonyl (C=O) groups is 2. The average Bonchev–Trinajstić information content (AvgIpc) is 2.66. The molecule has 1 heterocycles. The number of methoxy groups -OCH3 is 1. The number of aliphatic hydroxyl groups is 1. The summed E-state index contributed by atoms with van der Waals surface area (Å²) in [6.07, 6.45) is -1.07. The number of ketones is 1. The number of ether oxygens (including phenoxy) is 1. The number of nitrogens with zero attached hydrogens (tertiary/aromatic N) is 2. The number of hydrogen-bond acceptors (Lipinski definition) is 6. The number of β-lactam (4-membered cyclic amide) rings is 1. The maximum atomic E-state index is 13.0. The van der Waals surface area contributed by atoms with E-state index >= 15 is 0 Å². The van der Waals surface area contributed by atoms with Crippen LogP contribution in [-0.2, 0) is 4.79 Å². The van der Waals surface area contributed by atoms with E-state index in [1.165, 1.54) is 32.2 Å². The Morgan fingerprint density at radius 3 is 2.48 bits per heavy atom. The van der Waals surface area contributed by atoms with Gasteiger partial charge >= 0.3 is 0 Å². The van der Waals surface area contributed by atoms with Crippen molar-refractivity contribution in [1.82, 2.24) is 0 Å². The number of nitro groups is 1. The number of anilines is 1. The van der Waals surface area contributed by atoms with E-state index in [0.29, 0.717) is 5.56 Å². The van der Waals surface area contributed by atoms with Gasteiger partial charge in [0.2, 0.25) is 5.91 Å². The fourth-order valence-corrected chi connectivity index (χ4v) is 3.28. The van der Waals surface area contributed by atoms with Crippen LogP contribution in [0, 0.1) is 16.0 Å². The summed E-state index contributed by atoms with van der Waals surface area (Å²) in [6.45, 7) is 1.42. The van der Waals surface area contributed by atoms with E-state index in [1.54, 1.807) is 30.3 Å². The first-order valence-corrected chi connectivity index (χ1v) is 8.29. The maximum absolute atomic E-state index is 13.0. The summed E-state index contributed by atoms with van der Waals surface area (Å²) in [7, 11) is 1.37. The van der Waals surface area contributed by atoms with Crippen molar-refractivity contribution in [3.8, 4) is 5.75 Å². The molecule has 0 unspecified atom stereocenters. The molecule has 3 rings (SSSR count). The second kappa shape index (κ2) is 7.16. The Morgan fingerprint density at radius 2 is 1.93 bits per heavy atom. The first-order chi connectivity index (χ1) is 12.9. The van der Waals surface area contributed by atoms with Crippen molar-refractivity contribution in [2.75, 3.05) is 12.0 Å². The number of rotatable bonds is 6. The van der Waals surface area contributed by atoms with Crippen LogP contribution in [-0.4, -0.2) is 41.0 Å². The van der Waals surface area contributed by atoms with E-state index in [4.69, 9.17) is 4.74 Å². The molecule has 0 saturated carbocycles. The quantitative estimate of drug-likeness (QED) is 0.361. The zero-order chi connectivity index (χ0) is 19.7. The standard InChI is InChI=1S/C19H18N2O6/c1-11(22)16-17(18(23)12-6-4-3-5-7-12)20(19(16)24)14-9-8-13(27-2)10-15(14)21(25)26/h3-11,16-17,22H,1-2H3/t11-,16-,17+/m1/s1. The molecular weight excluding hydrogens is 352 g/mol. The van der Waals surface area contributed by atoms with Crippen molar-refractivity contribution in [3.63, 3.8) is 0 Å². The van der Waals surface area contributed by atoms with Crippen LogP contribution in [0.5, 0.6) is 5.75 Å². The highest BCUT2D eigenvalue weighted by molar-refractivity contribution is 6.17. The zero-order valence-electron chi connectivity index (χ0n) is 14.7. The summed E-state index contributed by atoms with van der Waals surface area (Å²) in [5.41, 5.74) is 0.0106. The molecule has 1 saturated heterocycles. The zero-order valence-corrected chi connectivity index (χ0v) is 14.7. The van der Waals surface area contributed by atoms with Gasteiger partial charge in [-0.1, -0.05) is 30.3 Å². The Bertz CT molecular complexity index is 896. The van der Waals surface area contributed by atoms with Gasteiger partial charge in [-0.15, -0.1) is 0 Å². The number of carbonyl (C=O) groups excluding carboxylic acids is 2. The molecule has 0 aromatic heterocycles. The molecule has 1 aliphatic rings. The lowest BCUT2D eigenvalue weighted by Gasteiger charge is -2.46. The van der Waals surface area contributed by atoms with Crippen molar-refractivity contribution in [2.24, 2.45) is 5.92 Å². The molecule has 0 bridgehead atoms. The minimum atomic E-state index is -1.07. The van der Waals surface area contributed by atoms with Gasteiger partial charge < -0.3 is 9.84 Å². The van der Waals surface area contributed by atoms with Gasteiger partial charge in [0.05, 0.1) is 30.1 Å². The Hall–Kier alpha value is -3.26. The van der Waals surface area contributed by atoms with Gasteiger partial charge in [0, 0.05) is 5.56 Å². The number of hydrogen-bond donors (Lipinski definition) is 1. The molecule has 27 heavy (non-hydrogen) atoms. The summed E-state index contributed by atoms with van der Waals surface area (Å²) in [4.78, 5) is 37.5. The number of Topliss-reactive ketones (excluding diaryl/α,β-unsaturated/α-hetero) is 1. The van der Waals surface area contributed by atoms with Crippen LogP contribution in [0.4, 0.5) is 11.4 Å². The molecule has 0 aliphatic carbocycles. The van der Waals surface area contributed by atoms with Gasteiger partial charge in [0.15, 0.2) is 5.78 Å². The molecule has 1 aliphatic heterocycles. The maximum Gasteiger partial charge on any atom is 0.296 e. The molecule has 2 aromatic rings. The topological polar surface area (TPSA) is 110 Å². The highest BCUT2D eigenvalue weighted by atomic mass is 16.6. The van der Waals surface area contributed by atoms with Gasteiger partial charge in [-0.05, 0) is 19.1 Å². The van der Waals surface area contributed by atoms with Gasteiger partial charge in [-0.2, -0.15) is 0 Å². The molecule has 0 radical (unpaired) electrons. The van der Waals surface area contributed by atoms with Crippen LogP contribution in [0.2, 0.25) is 0 Å². The lowest BCUT2D eigenvalue weighted by atomic mass is 9.78. The van der Waals surface area contributed by atoms with Crippen LogP contribution >= 0.6 is 0 Å². The summed E-state index contributed by atoms with van der Waals surface area (Å²) < 4.78 is 5.01.